The lowest BCUT2D eigenvalue weighted by Crippen LogP contribution is -2.30. The van der Waals surface area contributed by atoms with Crippen molar-refractivity contribution < 1.29 is 80.2 Å². The molecule has 2 unspecified atom stereocenters. The molecule has 0 fully saturated rings. The summed E-state index contributed by atoms with van der Waals surface area (Å²) in [5.41, 5.74) is 0. The highest BCUT2D eigenvalue weighted by Gasteiger charge is 2.30. The second-order valence-corrected chi connectivity index (χ2v) is 27.1. The van der Waals surface area contributed by atoms with E-state index in [1.54, 1.807) is 0 Å². The highest BCUT2D eigenvalue weighted by Crippen LogP contribution is 2.45. The van der Waals surface area contributed by atoms with Gasteiger partial charge in [0.2, 0.25) is 0 Å². The number of phosphoric acid groups is 2. The molecule has 19 heteroatoms. The smallest absolute Gasteiger partial charge is 0.462 e. The third kappa shape index (κ3) is 60.9. The molecule has 0 heterocycles. The number of phosphoric ester groups is 2. The van der Waals surface area contributed by atoms with Gasteiger partial charge in [-0.3, -0.25) is 37.3 Å². The molecule has 0 bridgehead atoms. The van der Waals surface area contributed by atoms with Gasteiger partial charge in [0.05, 0.1) is 26.4 Å². The van der Waals surface area contributed by atoms with Gasteiger partial charge in [0.1, 0.15) is 19.3 Å². The number of ether oxygens (including phenoxy) is 4. The quantitative estimate of drug-likeness (QED) is 0.0222. The highest BCUT2D eigenvalue weighted by molar-refractivity contribution is 7.47. The molecule has 0 rings (SSSR count). The maximum absolute atomic E-state index is 13.0. The van der Waals surface area contributed by atoms with Crippen molar-refractivity contribution in [2.45, 2.75) is 367 Å². The van der Waals surface area contributed by atoms with Crippen molar-refractivity contribution >= 4 is 39.5 Å². The summed E-state index contributed by atoms with van der Waals surface area (Å²) < 4.78 is 67.9. The zero-order valence-electron chi connectivity index (χ0n) is 55.3. The predicted molar refractivity (Wildman–Crippen MR) is 345 cm³/mol. The van der Waals surface area contributed by atoms with E-state index in [-0.39, 0.29) is 25.7 Å². The summed E-state index contributed by atoms with van der Waals surface area (Å²) in [5, 5.41) is 10.5. The molecule has 0 aliphatic carbocycles. The van der Waals surface area contributed by atoms with Crippen LogP contribution in [0, 0.1) is 0 Å². The SMILES string of the molecule is CCCCCCCCCCCCCCCCCCCCCCCC(=O)O[C@H](COC(=O)CCCCCCCCCCCC)COP(=O)(O)OC[C@@H](O)COP(=O)(O)OC[C@@H](COC(=O)CCCCCCC)OC(=O)CCCCCCCCCCCC. The zero-order valence-corrected chi connectivity index (χ0v) is 57.1. The van der Waals surface area contributed by atoms with Crippen molar-refractivity contribution in [3.05, 3.63) is 0 Å². The van der Waals surface area contributed by atoms with Crippen LogP contribution in [-0.2, 0) is 65.4 Å². The molecule has 0 aromatic heterocycles. The summed E-state index contributed by atoms with van der Waals surface area (Å²) in [5.74, 6) is -2.14. The summed E-state index contributed by atoms with van der Waals surface area (Å²) in [6.45, 7) is 4.81. The Morgan fingerprint density at radius 2 is 0.465 bits per heavy atom. The molecule has 0 aromatic carbocycles. The largest absolute Gasteiger partial charge is 0.472 e. The Bertz CT molecular complexity index is 1650. The molecule has 5 atom stereocenters. The fourth-order valence-corrected chi connectivity index (χ4v) is 11.7. The number of carbonyl (C=O) groups is 4. The van der Waals surface area contributed by atoms with Crippen molar-refractivity contribution in [3.8, 4) is 0 Å². The van der Waals surface area contributed by atoms with Gasteiger partial charge in [0, 0.05) is 25.7 Å². The lowest BCUT2D eigenvalue weighted by atomic mass is 10.0. The lowest BCUT2D eigenvalue weighted by molar-refractivity contribution is -0.161. The molecular weight excluding hydrogens is 1140 g/mol. The first-order valence-corrected chi connectivity index (χ1v) is 38.3. The second-order valence-electron chi connectivity index (χ2n) is 24.2. The van der Waals surface area contributed by atoms with E-state index in [0.717, 1.165) is 96.3 Å². The minimum atomic E-state index is -4.94. The van der Waals surface area contributed by atoms with Crippen molar-refractivity contribution in [1.82, 2.24) is 0 Å². The average Bonchev–Trinajstić information content (AvgIpc) is 3.56. The maximum Gasteiger partial charge on any atom is 0.472 e. The fraction of sp³-hybridized carbons (Fsp3) is 0.940. The van der Waals surface area contributed by atoms with Crippen molar-refractivity contribution in [2.75, 3.05) is 39.6 Å². The molecule has 0 radical (unpaired) electrons. The molecular formula is C67H130O17P2. The Morgan fingerprint density at radius 3 is 0.686 bits per heavy atom. The van der Waals surface area contributed by atoms with E-state index in [4.69, 9.17) is 37.0 Å². The standard InChI is InChI=1S/C67H130O17P2/c1-5-9-13-17-20-23-26-27-28-29-30-31-32-33-34-35-36-39-42-46-50-54-67(72)84-63(58-78-65(70)52-48-44-40-37-24-21-18-14-10-6-2)60-82-86(75,76)80-56-61(68)55-79-85(73,74)81-59-62(57-77-64(69)51-47-43-16-12-8-4)83-66(71)53-49-45-41-38-25-22-19-15-11-7-3/h61-63,68H,5-60H2,1-4H3,(H,73,74)(H,75,76)/t61-,62+,63+/m0/s1. The number of rotatable bonds is 68. The molecule has 0 saturated heterocycles. The first kappa shape index (κ1) is 84.1. The third-order valence-electron chi connectivity index (χ3n) is 15.6. The molecule has 3 N–H and O–H groups in total. The zero-order chi connectivity index (χ0) is 63.3. The monoisotopic (exact) mass is 1270 g/mol. The number of hydrogen-bond donors (Lipinski definition) is 3. The van der Waals surface area contributed by atoms with Gasteiger partial charge in [-0.15, -0.1) is 0 Å². The first-order valence-electron chi connectivity index (χ1n) is 35.3. The van der Waals surface area contributed by atoms with Crippen molar-refractivity contribution in [3.63, 3.8) is 0 Å². The van der Waals surface area contributed by atoms with E-state index in [1.165, 1.54) is 173 Å². The molecule has 0 aliphatic rings. The van der Waals surface area contributed by atoms with Crippen LogP contribution in [0.1, 0.15) is 349 Å². The lowest BCUT2D eigenvalue weighted by Gasteiger charge is -2.21. The Balaban J connectivity index is 5.06. The molecule has 0 amide bonds. The molecule has 86 heavy (non-hydrogen) atoms. The second kappa shape index (κ2) is 61.9. The van der Waals surface area contributed by atoms with Crippen LogP contribution in [0.5, 0.6) is 0 Å². The van der Waals surface area contributed by atoms with E-state index >= 15 is 0 Å². The van der Waals surface area contributed by atoms with E-state index in [0.29, 0.717) is 25.7 Å². The number of esters is 4. The molecule has 0 aliphatic heterocycles. The summed E-state index contributed by atoms with van der Waals surface area (Å²) in [4.78, 5) is 72.0. The number of unbranched alkanes of at least 4 members (excludes halogenated alkanes) is 42. The summed E-state index contributed by atoms with van der Waals surface area (Å²) in [6, 6.07) is 0. The van der Waals surface area contributed by atoms with Gasteiger partial charge in [0.15, 0.2) is 12.2 Å². The van der Waals surface area contributed by atoms with E-state index in [9.17, 15) is 43.2 Å². The van der Waals surface area contributed by atoms with Gasteiger partial charge in [-0.2, -0.15) is 0 Å². The number of aliphatic hydroxyl groups is 1. The molecule has 17 nitrogen and oxygen atoms in total. The molecule has 510 valence electrons. The third-order valence-corrected chi connectivity index (χ3v) is 17.5. The van der Waals surface area contributed by atoms with Crippen LogP contribution in [0.4, 0.5) is 0 Å². The van der Waals surface area contributed by atoms with Crippen LogP contribution in [0.15, 0.2) is 0 Å². The van der Waals surface area contributed by atoms with Gasteiger partial charge in [-0.1, -0.05) is 297 Å². The molecule has 0 spiro atoms. The Morgan fingerprint density at radius 1 is 0.279 bits per heavy atom. The van der Waals surface area contributed by atoms with Crippen LogP contribution < -0.4 is 0 Å². The van der Waals surface area contributed by atoms with Crippen molar-refractivity contribution in [1.29, 1.82) is 0 Å². The minimum absolute atomic E-state index is 0.106. The topological polar surface area (TPSA) is 237 Å². The van der Waals surface area contributed by atoms with Crippen molar-refractivity contribution in [2.24, 2.45) is 0 Å². The van der Waals surface area contributed by atoms with Gasteiger partial charge in [0.25, 0.3) is 0 Å². The Kier molecular flexibility index (Phi) is 60.5. The molecule has 0 saturated carbocycles. The summed E-state index contributed by atoms with van der Waals surface area (Å²) >= 11 is 0. The Labute approximate surface area is 524 Å². The maximum atomic E-state index is 13.0. The van der Waals surface area contributed by atoms with Crippen LogP contribution in [-0.4, -0.2) is 96.7 Å². The van der Waals surface area contributed by atoms with E-state index in [2.05, 4.69) is 27.7 Å². The van der Waals surface area contributed by atoms with E-state index < -0.39 is 97.5 Å². The van der Waals surface area contributed by atoms with Crippen LogP contribution in [0.25, 0.3) is 0 Å². The van der Waals surface area contributed by atoms with Gasteiger partial charge < -0.3 is 33.8 Å². The van der Waals surface area contributed by atoms with Gasteiger partial charge in [-0.05, 0) is 25.7 Å². The number of carbonyl (C=O) groups excluding carboxylic acids is 4. The molecule has 0 aromatic rings. The van der Waals surface area contributed by atoms with E-state index in [1.807, 2.05) is 0 Å². The predicted octanol–water partition coefficient (Wildman–Crippen LogP) is 19.1. The van der Waals surface area contributed by atoms with Gasteiger partial charge in [-0.25, -0.2) is 9.13 Å². The summed E-state index contributed by atoms with van der Waals surface area (Å²) in [7, 11) is -9.88. The average molecular weight is 1270 g/mol. The fourth-order valence-electron chi connectivity index (χ4n) is 10.2. The number of hydrogen-bond acceptors (Lipinski definition) is 15. The van der Waals surface area contributed by atoms with Gasteiger partial charge >= 0.3 is 39.5 Å². The first-order chi connectivity index (χ1) is 41.7. The highest BCUT2D eigenvalue weighted by atomic mass is 31.2. The summed E-state index contributed by atoms with van der Waals surface area (Å²) in [6.07, 6.45) is 49.1. The van der Waals surface area contributed by atoms with Crippen LogP contribution >= 0.6 is 15.6 Å². The van der Waals surface area contributed by atoms with Crippen LogP contribution in [0.3, 0.4) is 0 Å². The van der Waals surface area contributed by atoms with Crippen LogP contribution in [0.2, 0.25) is 0 Å². The normalized spacial score (nSPS) is 14.1. The number of aliphatic hydroxyl groups excluding tert-OH is 1. The minimum Gasteiger partial charge on any atom is -0.462 e. The Hall–Kier alpha value is -1.94.